The van der Waals surface area contributed by atoms with Crippen molar-refractivity contribution in [2.24, 2.45) is 11.7 Å². The van der Waals surface area contributed by atoms with Gasteiger partial charge in [-0.1, -0.05) is 0 Å². The first-order chi connectivity index (χ1) is 9.11. The normalized spacial score (nSPS) is 32.3. The fourth-order valence-corrected chi connectivity index (χ4v) is 3.17. The van der Waals surface area contributed by atoms with Gasteiger partial charge in [0.1, 0.15) is 11.9 Å². The van der Waals surface area contributed by atoms with E-state index >= 15 is 0 Å². The maximum atomic E-state index is 9.25. The van der Waals surface area contributed by atoms with E-state index in [1.807, 2.05) is 19.9 Å². The summed E-state index contributed by atoms with van der Waals surface area (Å²) in [6.07, 6.45) is 1.21. The van der Waals surface area contributed by atoms with Gasteiger partial charge < -0.3 is 15.8 Å². The topological polar surface area (TPSA) is 84.0 Å². The Morgan fingerprint density at radius 1 is 1.53 bits per heavy atom. The van der Waals surface area contributed by atoms with E-state index in [1.165, 1.54) is 0 Å². The third kappa shape index (κ3) is 1.88. The van der Waals surface area contributed by atoms with Gasteiger partial charge in [0.2, 0.25) is 0 Å². The minimum Gasteiger partial charge on any atom is -0.376 e. The molecular weight excluding hydrogens is 240 g/mol. The molecule has 4 unspecified atom stereocenters. The van der Waals surface area contributed by atoms with Crippen LogP contribution in [0.5, 0.6) is 0 Å². The van der Waals surface area contributed by atoms with Crippen LogP contribution in [-0.4, -0.2) is 29.8 Å². The van der Waals surface area contributed by atoms with Crippen LogP contribution < -0.4 is 11.1 Å². The van der Waals surface area contributed by atoms with Crippen molar-refractivity contribution in [2.75, 3.05) is 11.9 Å². The third-order valence-corrected chi connectivity index (χ3v) is 4.21. The SMILES string of the molecule is Cc1cc(C)c(C#N)c(NC2C(N)C3CCOC32)n1. The number of nitrogens with one attached hydrogen (secondary N) is 1. The van der Waals surface area contributed by atoms with Crippen molar-refractivity contribution in [3.8, 4) is 6.07 Å². The molecule has 3 N–H and O–H groups in total. The number of pyridine rings is 1. The lowest BCUT2D eigenvalue weighted by molar-refractivity contribution is 0.00522. The fourth-order valence-electron chi connectivity index (χ4n) is 3.17. The maximum absolute atomic E-state index is 9.25. The van der Waals surface area contributed by atoms with Gasteiger partial charge in [0.15, 0.2) is 0 Å². The molecule has 4 atom stereocenters. The number of nitriles is 1. The van der Waals surface area contributed by atoms with E-state index in [0.29, 0.717) is 17.3 Å². The third-order valence-electron chi connectivity index (χ3n) is 4.21. The van der Waals surface area contributed by atoms with Crippen molar-refractivity contribution in [2.45, 2.75) is 38.5 Å². The summed E-state index contributed by atoms with van der Waals surface area (Å²) in [4.78, 5) is 4.43. The zero-order valence-corrected chi connectivity index (χ0v) is 11.2. The summed E-state index contributed by atoms with van der Waals surface area (Å²) in [5, 5.41) is 12.6. The molecule has 1 aromatic heterocycles. The van der Waals surface area contributed by atoms with Gasteiger partial charge >= 0.3 is 0 Å². The van der Waals surface area contributed by atoms with Gasteiger partial charge in [-0.3, -0.25) is 0 Å². The molecule has 1 aliphatic heterocycles. The van der Waals surface area contributed by atoms with Gasteiger partial charge in [-0.2, -0.15) is 5.26 Å². The number of fused-ring (bicyclic) bond motifs is 1. The Bertz CT molecular complexity index is 551. The molecule has 1 aliphatic carbocycles. The Labute approximate surface area is 112 Å². The molecular formula is C14H18N4O. The smallest absolute Gasteiger partial charge is 0.144 e. The van der Waals surface area contributed by atoms with Crippen LogP contribution in [0.1, 0.15) is 23.2 Å². The van der Waals surface area contributed by atoms with Crippen molar-refractivity contribution in [1.82, 2.24) is 4.98 Å². The standard InChI is InChI=1S/C14H18N4O/c1-7-5-8(2)17-14(10(7)6-15)18-12-11(16)9-3-4-19-13(9)12/h5,9,11-13H,3-4,16H2,1-2H3,(H,17,18). The highest BCUT2D eigenvalue weighted by Crippen LogP contribution is 2.39. The van der Waals surface area contributed by atoms with Crippen LogP contribution in [0.4, 0.5) is 5.82 Å². The Morgan fingerprint density at radius 2 is 2.32 bits per heavy atom. The Hall–Kier alpha value is -1.64. The number of aromatic nitrogens is 1. The van der Waals surface area contributed by atoms with Crippen LogP contribution >= 0.6 is 0 Å². The van der Waals surface area contributed by atoms with Gasteiger partial charge in [-0.25, -0.2) is 4.98 Å². The molecule has 0 aromatic carbocycles. The molecule has 3 rings (SSSR count). The Morgan fingerprint density at radius 3 is 3.05 bits per heavy atom. The molecule has 2 aliphatic rings. The van der Waals surface area contributed by atoms with Crippen LogP contribution in [-0.2, 0) is 4.74 Å². The second-order valence-electron chi connectivity index (χ2n) is 5.45. The molecule has 2 heterocycles. The molecule has 0 bridgehead atoms. The fraction of sp³-hybridized carbons (Fsp3) is 0.571. The summed E-state index contributed by atoms with van der Waals surface area (Å²) < 4.78 is 5.69. The zero-order valence-electron chi connectivity index (χ0n) is 11.2. The average molecular weight is 258 g/mol. The van der Waals surface area contributed by atoms with Gasteiger partial charge in [-0.05, 0) is 31.9 Å². The molecule has 100 valence electrons. The van der Waals surface area contributed by atoms with E-state index in [4.69, 9.17) is 10.5 Å². The first-order valence-corrected chi connectivity index (χ1v) is 6.64. The van der Waals surface area contributed by atoms with E-state index in [0.717, 1.165) is 24.3 Å². The average Bonchev–Trinajstić information content (AvgIpc) is 2.80. The molecule has 5 nitrogen and oxygen atoms in total. The van der Waals surface area contributed by atoms with Crippen LogP contribution in [0.25, 0.3) is 0 Å². The molecule has 5 heteroatoms. The maximum Gasteiger partial charge on any atom is 0.144 e. The van der Waals surface area contributed by atoms with Gasteiger partial charge in [0.05, 0.1) is 17.7 Å². The number of hydrogen-bond acceptors (Lipinski definition) is 5. The second kappa shape index (κ2) is 4.48. The summed E-state index contributed by atoms with van der Waals surface area (Å²) in [6, 6.07) is 4.28. The van der Waals surface area contributed by atoms with Crippen molar-refractivity contribution in [1.29, 1.82) is 5.26 Å². The van der Waals surface area contributed by atoms with Crippen LogP contribution in [0.2, 0.25) is 0 Å². The van der Waals surface area contributed by atoms with Crippen LogP contribution in [0.15, 0.2) is 6.07 Å². The number of rotatable bonds is 2. The first kappa shape index (κ1) is 12.4. The second-order valence-corrected chi connectivity index (χ2v) is 5.45. The molecule has 0 radical (unpaired) electrons. The number of hydrogen-bond donors (Lipinski definition) is 2. The minimum atomic E-state index is 0.0632. The molecule has 1 aromatic rings. The summed E-state index contributed by atoms with van der Waals surface area (Å²) >= 11 is 0. The quantitative estimate of drug-likeness (QED) is 0.829. The van der Waals surface area contributed by atoms with Crippen molar-refractivity contribution < 1.29 is 4.74 Å². The van der Waals surface area contributed by atoms with Gasteiger partial charge in [0.25, 0.3) is 0 Å². The van der Waals surface area contributed by atoms with E-state index in [9.17, 15) is 5.26 Å². The summed E-state index contributed by atoms with van der Waals surface area (Å²) in [7, 11) is 0. The summed E-state index contributed by atoms with van der Waals surface area (Å²) in [5.74, 6) is 1.09. The van der Waals surface area contributed by atoms with Crippen molar-refractivity contribution in [3.63, 3.8) is 0 Å². The zero-order chi connectivity index (χ0) is 13.6. The lowest BCUT2D eigenvalue weighted by Gasteiger charge is -2.46. The molecule has 1 saturated carbocycles. The number of nitrogens with two attached hydrogens (primary N) is 1. The highest BCUT2D eigenvalue weighted by Gasteiger charge is 2.52. The number of nitrogens with zero attached hydrogens (tertiary/aromatic N) is 2. The van der Waals surface area contributed by atoms with Crippen molar-refractivity contribution >= 4 is 5.82 Å². The molecule has 0 spiro atoms. The predicted molar refractivity (Wildman–Crippen MR) is 71.7 cm³/mol. The largest absolute Gasteiger partial charge is 0.376 e. The monoisotopic (exact) mass is 258 g/mol. The van der Waals surface area contributed by atoms with Gasteiger partial charge in [0, 0.05) is 24.3 Å². The van der Waals surface area contributed by atoms with Crippen molar-refractivity contribution in [3.05, 3.63) is 22.9 Å². The minimum absolute atomic E-state index is 0.0632. The van der Waals surface area contributed by atoms with Crippen LogP contribution in [0, 0.1) is 31.1 Å². The molecule has 1 saturated heterocycles. The van der Waals surface area contributed by atoms with E-state index in [1.54, 1.807) is 0 Å². The molecule has 19 heavy (non-hydrogen) atoms. The lowest BCUT2D eigenvalue weighted by Crippen LogP contribution is -2.65. The lowest BCUT2D eigenvalue weighted by atomic mass is 9.72. The Kier molecular flexibility index (Phi) is 2.92. The number of anilines is 1. The molecule has 2 fully saturated rings. The molecule has 0 amide bonds. The number of aryl methyl sites for hydroxylation is 2. The van der Waals surface area contributed by atoms with E-state index in [-0.39, 0.29) is 18.2 Å². The highest BCUT2D eigenvalue weighted by atomic mass is 16.5. The van der Waals surface area contributed by atoms with Crippen LogP contribution in [0.3, 0.4) is 0 Å². The first-order valence-electron chi connectivity index (χ1n) is 6.64. The van der Waals surface area contributed by atoms with Gasteiger partial charge in [-0.15, -0.1) is 0 Å². The highest BCUT2D eigenvalue weighted by molar-refractivity contribution is 5.57. The summed E-state index contributed by atoms with van der Waals surface area (Å²) in [6.45, 7) is 4.63. The predicted octanol–water partition coefficient (Wildman–Crippen LogP) is 1.10. The van der Waals surface area contributed by atoms with E-state index in [2.05, 4.69) is 16.4 Å². The van der Waals surface area contributed by atoms with E-state index < -0.39 is 0 Å². The number of ether oxygens (including phenoxy) is 1. The summed E-state index contributed by atoms with van der Waals surface area (Å²) in [5.41, 5.74) is 8.60. The Balaban J connectivity index is 1.86.